The van der Waals surface area contributed by atoms with Crippen LogP contribution in [-0.4, -0.2) is 45.2 Å². The van der Waals surface area contributed by atoms with Crippen LogP contribution in [0.3, 0.4) is 0 Å². The van der Waals surface area contributed by atoms with Gasteiger partial charge in [0.05, 0.1) is 40.1 Å². The van der Waals surface area contributed by atoms with E-state index in [4.69, 9.17) is 9.97 Å². The van der Waals surface area contributed by atoms with Gasteiger partial charge in [0, 0.05) is 32.4 Å². The Labute approximate surface area is 205 Å². The molecule has 4 heterocycles. The van der Waals surface area contributed by atoms with E-state index in [1.165, 1.54) is 12.1 Å². The summed E-state index contributed by atoms with van der Waals surface area (Å²) in [7, 11) is 3.77. The Morgan fingerprint density at radius 1 is 1.14 bits per heavy atom. The molecule has 1 fully saturated rings. The van der Waals surface area contributed by atoms with Crippen LogP contribution in [0.2, 0.25) is 0 Å². The molecule has 0 saturated carbocycles. The molecular weight excluding hydrogens is 462 g/mol. The Morgan fingerprint density at radius 3 is 2.81 bits per heavy atom. The lowest BCUT2D eigenvalue weighted by Crippen LogP contribution is -2.24. The summed E-state index contributed by atoms with van der Waals surface area (Å²) in [6, 6.07) is 11.0. The first-order valence-electron chi connectivity index (χ1n) is 11.6. The third-order valence-electron chi connectivity index (χ3n) is 6.68. The molecule has 1 N–H and O–H groups in total. The van der Waals surface area contributed by atoms with E-state index in [0.29, 0.717) is 52.5 Å². The number of hydrogen-bond donors (Lipinski definition) is 1. The molecule has 0 radical (unpaired) electrons. The highest BCUT2D eigenvalue weighted by Gasteiger charge is 2.30. The number of hydrogen-bond acceptors (Lipinski definition) is 6. The number of H-pyrrole nitrogens is 1. The van der Waals surface area contributed by atoms with Crippen LogP contribution in [0.1, 0.15) is 30.0 Å². The van der Waals surface area contributed by atoms with Crippen LogP contribution >= 0.6 is 0 Å². The average molecular weight is 485 g/mol. The van der Waals surface area contributed by atoms with Gasteiger partial charge in [-0.3, -0.25) is 0 Å². The number of aromatic nitrogens is 5. The van der Waals surface area contributed by atoms with Crippen molar-refractivity contribution in [3.05, 3.63) is 71.6 Å². The van der Waals surface area contributed by atoms with Crippen LogP contribution in [0.25, 0.3) is 28.1 Å². The highest BCUT2D eigenvalue weighted by Crippen LogP contribution is 2.37. The van der Waals surface area contributed by atoms with Crippen molar-refractivity contribution in [3.63, 3.8) is 0 Å². The highest BCUT2D eigenvalue weighted by molar-refractivity contribution is 5.87. The molecule has 0 amide bonds. The lowest BCUT2D eigenvalue weighted by molar-refractivity contribution is 0.560. The van der Waals surface area contributed by atoms with Crippen molar-refractivity contribution in [1.82, 2.24) is 24.6 Å². The van der Waals surface area contributed by atoms with Gasteiger partial charge in [-0.15, -0.1) is 0 Å². The molecule has 0 spiro atoms. The second-order valence-corrected chi connectivity index (χ2v) is 9.11. The molecule has 0 aliphatic carbocycles. The Balaban J connectivity index is 1.42. The van der Waals surface area contributed by atoms with Gasteiger partial charge < -0.3 is 14.8 Å². The first-order chi connectivity index (χ1) is 17.4. The zero-order valence-electron chi connectivity index (χ0n) is 19.7. The van der Waals surface area contributed by atoms with Crippen molar-refractivity contribution >= 4 is 28.2 Å². The summed E-state index contributed by atoms with van der Waals surface area (Å²) in [5.74, 6) is 0.365. The fourth-order valence-corrected chi connectivity index (χ4v) is 4.95. The molecule has 5 aromatic rings. The average Bonchev–Trinajstić information content (AvgIpc) is 3.61. The van der Waals surface area contributed by atoms with Gasteiger partial charge in [-0.25, -0.2) is 23.3 Å². The minimum absolute atomic E-state index is 0.304. The molecule has 1 saturated heterocycles. The van der Waals surface area contributed by atoms with Crippen molar-refractivity contribution in [2.75, 3.05) is 30.4 Å². The van der Waals surface area contributed by atoms with E-state index in [2.05, 4.69) is 16.2 Å². The summed E-state index contributed by atoms with van der Waals surface area (Å²) in [5.41, 5.74) is 4.43. The molecule has 6 rings (SSSR count). The summed E-state index contributed by atoms with van der Waals surface area (Å²) in [6.45, 7) is 0.683. The number of benzene rings is 2. The van der Waals surface area contributed by atoms with Gasteiger partial charge >= 0.3 is 0 Å². The van der Waals surface area contributed by atoms with E-state index in [1.807, 2.05) is 36.0 Å². The summed E-state index contributed by atoms with van der Waals surface area (Å²) in [6.07, 6.45) is 5.05. The van der Waals surface area contributed by atoms with Crippen LogP contribution < -0.4 is 9.80 Å². The standard InChI is InChI=1S/C26H22F2N8/c1-34(2)23-12-21-20(10-15(23)13-29)31-25(32-21)18-14-30-36-9-7-24(33-26(18)36)35-8-3-4-22(35)17-11-16(27)5-6-19(17)28/h5-7,9-12,14,22H,3-4,8H2,1-2H3,(H,31,32)/t22-/m1/s1. The molecule has 0 bridgehead atoms. The molecule has 2 aromatic carbocycles. The third-order valence-corrected chi connectivity index (χ3v) is 6.68. The summed E-state index contributed by atoms with van der Waals surface area (Å²) < 4.78 is 30.1. The van der Waals surface area contributed by atoms with Crippen LogP contribution in [0, 0.1) is 23.0 Å². The molecule has 1 aliphatic rings. The Kier molecular flexibility index (Phi) is 5.07. The molecule has 1 atom stereocenters. The number of imidazole rings is 1. The molecule has 8 nitrogen and oxygen atoms in total. The van der Waals surface area contributed by atoms with Crippen molar-refractivity contribution in [2.24, 2.45) is 0 Å². The predicted molar refractivity (Wildman–Crippen MR) is 133 cm³/mol. The summed E-state index contributed by atoms with van der Waals surface area (Å²) in [4.78, 5) is 16.8. The quantitative estimate of drug-likeness (QED) is 0.393. The van der Waals surface area contributed by atoms with Gasteiger partial charge in [0.1, 0.15) is 29.3 Å². The molecule has 180 valence electrons. The molecule has 1 aliphatic heterocycles. The van der Waals surface area contributed by atoms with Gasteiger partial charge in [-0.1, -0.05) is 0 Å². The normalized spacial score (nSPS) is 15.6. The number of aromatic amines is 1. The van der Waals surface area contributed by atoms with Gasteiger partial charge in [-0.2, -0.15) is 10.4 Å². The lowest BCUT2D eigenvalue weighted by Gasteiger charge is -2.26. The highest BCUT2D eigenvalue weighted by atomic mass is 19.1. The molecular formula is C26H22F2N8. The maximum atomic E-state index is 14.6. The second-order valence-electron chi connectivity index (χ2n) is 9.11. The fourth-order valence-electron chi connectivity index (χ4n) is 4.95. The maximum absolute atomic E-state index is 14.6. The van der Waals surface area contributed by atoms with Crippen LogP contribution in [0.5, 0.6) is 0 Å². The van der Waals surface area contributed by atoms with E-state index in [-0.39, 0.29) is 6.04 Å². The zero-order valence-corrected chi connectivity index (χ0v) is 19.7. The molecule has 3 aromatic heterocycles. The number of nitriles is 1. The van der Waals surface area contributed by atoms with E-state index in [9.17, 15) is 14.0 Å². The van der Waals surface area contributed by atoms with Gasteiger partial charge in [0.15, 0.2) is 5.65 Å². The SMILES string of the molecule is CN(C)c1cc2[nH]c(-c3cnn4ccc(N5CCC[C@@H]5c5cc(F)ccc5F)nc34)nc2cc1C#N. The van der Waals surface area contributed by atoms with Crippen LogP contribution in [0.4, 0.5) is 20.3 Å². The van der Waals surface area contributed by atoms with E-state index in [1.54, 1.807) is 23.0 Å². The topological polar surface area (TPSA) is 89.1 Å². The zero-order chi connectivity index (χ0) is 25.0. The summed E-state index contributed by atoms with van der Waals surface area (Å²) in [5, 5.41) is 14.0. The minimum Gasteiger partial charge on any atom is -0.377 e. The minimum atomic E-state index is -0.457. The van der Waals surface area contributed by atoms with Crippen LogP contribution in [0.15, 0.2) is 48.8 Å². The first kappa shape index (κ1) is 22.0. The van der Waals surface area contributed by atoms with E-state index in [0.717, 1.165) is 23.7 Å². The first-order valence-corrected chi connectivity index (χ1v) is 11.6. The molecule has 36 heavy (non-hydrogen) atoms. The van der Waals surface area contributed by atoms with Crippen LogP contribution in [-0.2, 0) is 0 Å². The number of fused-ring (bicyclic) bond motifs is 2. The lowest BCUT2D eigenvalue weighted by atomic mass is 10.0. The number of halogens is 2. The number of nitrogens with zero attached hydrogens (tertiary/aromatic N) is 7. The van der Waals surface area contributed by atoms with Gasteiger partial charge in [0.2, 0.25) is 0 Å². The molecule has 0 unspecified atom stereocenters. The van der Waals surface area contributed by atoms with Gasteiger partial charge in [-0.05, 0) is 49.2 Å². The van der Waals surface area contributed by atoms with Crippen molar-refractivity contribution in [3.8, 4) is 17.5 Å². The Hall–Kier alpha value is -4.52. The number of rotatable bonds is 4. The van der Waals surface area contributed by atoms with Crippen molar-refractivity contribution in [1.29, 1.82) is 5.26 Å². The monoisotopic (exact) mass is 484 g/mol. The second kappa shape index (κ2) is 8.30. The number of nitrogens with one attached hydrogen (secondary N) is 1. The Morgan fingerprint density at radius 2 is 2.00 bits per heavy atom. The van der Waals surface area contributed by atoms with Crippen molar-refractivity contribution < 1.29 is 8.78 Å². The number of anilines is 2. The smallest absolute Gasteiger partial charge is 0.168 e. The third kappa shape index (κ3) is 3.51. The summed E-state index contributed by atoms with van der Waals surface area (Å²) >= 11 is 0. The fraction of sp³-hybridized carbons (Fsp3) is 0.231. The van der Waals surface area contributed by atoms with Crippen molar-refractivity contribution in [2.45, 2.75) is 18.9 Å². The Bertz CT molecular complexity index is 1660. The molecule has 10 heteroatoms. The van der Waals surface area contributed by atoms with E-state index < -0.39 is 11.6 Å². The van der Waals surface area contributed by atoms with E-state index >= 15 is 0 Å². The predicted octanol–water partition coefficient (Wildman–Crippen LogP) is 4.83. The maximum Gasteiger partial charge on any atom is 0.168 e. The largest absolute Gasteiger partial charge is 0.377 e. The van der Waals surface area contributed by atoms with Gasteiger partial charge in [0.25, 0.3) is 0 Å².